The zero-order chi connectivity index (χ0) is 35.0. The molecule has 6 heteroatoms. The van der Waals surface area contributed by atoms with Crippen LogP contribution in [-0.2, 0) is 4.79 Å². The van der Waals surface area contributed by atoms with Crippen molar-refractivity contribution in [2.24, 2.45) is 0 Å². The van der Waals surface area contributed by atoms with Crippen LogP contribution >= 0.6 is 0 Å². The Morgan fingerprint density at radius 2 is 0.827 bits per heavy atom. The predicted molar refractivity (Wildman–Crippen MR) is 212 cm³/mol. The molecule has 0 spiro atoms. The summed E-state index contributed by atoms with van der Waals surface area (Å²) >= 11 is 0. The molecule has 0 fully saturated rings. The summed E-state index contributed by atoms with van der Waals surface area (Å²) in [5.74, 6) is -0.00632. The van der Waals surface area contributed by atoms with E-state index in [0.29, 0.717) is 11.3 Å². The van der Waals surface area contributed by atoms with Crippen molar-refractivity contribution < 1.29 is 9.53 Å². The topological polar surface area (TPSA) is 83.7 Å². The monoisotopic (exact) mass is 672 g/mol. The Hall–Kier alpha value is -7.05. The number of aromatic nitrogens is 4. The van der Waals surface area contributed by atoms with Crippen molar-refractivity contribution in [3.05, 3.63) is 162 Å². The van der Waals surface area contributed by atoms with E-state index < -0.39 is 5.97 Å². The molecule has 7 aromatic rings. The smallest absolute Gasteiger partial charge is 0.308 e. The number of aromatic amines is 2. The quantitative estimate of drug-likeness (QED) is 0.178. The van der Waals surface area contributed by atoms with E-state index in [1.165, 1.54) is 6.92 Å². The highest BCUT2D eigenvalue weighted by Gasteiger charge is 2.21. The third kappa shape index (κ3) is 5.62. The lowest BCUT2D eigenvalue weighted by Crippen LogP contribution is -2.01. The van der Waals surface area contributed by atoms with Crippen molar-refractivity contribution in [1.82, 2.24) is 19.9 Å². The molecule has 2 aliphatic heterocycles. The number of hydrogen-bond donors (Lipinski definition) is 2. The number of benzene rings is 4. The molecule has 0 amide bonds. The van der Waals surface area contributed by atoms with Crippen molar-refractivity contribution in [3.8, 4) is 50.3 Å². The molecule has 5 heterocycles. The van der Waals surface area contributed by atoms with Crippen molar-refractivity contribution in [2.45, 2.75) is 6.92 Å². The minimum absolute atomic E-state index is 0.410. The van der Waals surface area contributed by atoms with Crippen LogP contribution in [0, 0.1) is 0 Å². The van der Waals surface area contributed by atoms with Crippen LogP contribution in [0.15, 0.2) is 140 Å². The second-order valence-corrected chi connectivity index (χ2v) is 12.7. The molecule has 52 heavy (non-hydrogen) atoms. The van der Waals surface area contributed by atoms with Crippen molar-refractivity contribution >= 4 is 52.3 Å². The summed E-state index contributed by atoms with van der Waals surface area (Å²) in [6, 6.07) is 47.1. The van der Waals surface area contributed by atoms with Gasteiger partial charge >= 0.3 is 5.97 Å². The molecule has 3 aromatic heterocycles. The molecule has 2 aliphatic rings. The Kier molecular flexibility index (Phi) is 7.75. The summed E-state index contributed by atoms with van der Waals surface area (Å²) in [4.78, 5) is 30.8. The Labute approximate surface area is 300 Å². The summed E-state index contributed by atoms with van der Waals surface area (Å²) in [5, 5.41) is 0. The third-order valence-corrected chi connectivity index (χ3v) is 9.33. The van der Waals surface area contributed by atoms with E-state index in [2.05, 4.69) is 76.7 Å². The minimum atomic E-state index is -0.416. The molecule has 0 radical (unpaired) electrons. The van der Waals surface area contributed by atoms with Gasteiger partial charge in [-0.3, -0.25) is 4.79 Å². The first kappa shape index (κ1) is 31.0. The van der Waals surface area contributed by atoms with Gasteiger partial charge in [0.15, 0.2) is 5.75 Å². The molecule has 0 atom stereocenters. The van der Waals surface area contributed by atoms with Crippen molar-refractivity contribution in [3.63, 3.8) is 0 Å². The van der Waals surface area contributed by atoms with Gasteiger partial charge in [-0.15, -0.1) is 0 Å². The Morgan fingerprint density at radius 3 is 1.23 bits per heavy atom. The van der Waals surface area contributed by atoms with Crippen LogP contribution < -0.4 is 4.74 Å². The number of rotatable bonds is 5. The van der Waals surface area contributed by atoms with Gasteiger partial charge in [-0.25, -0.2) is 9.97 Å². The van der Waals surface area contributed by atoms with Gasteiger partial charge < -0.3 is 14.7 Å². The second kappa shape index (κ2) is 13.0. The molecule has 2 N–H and O–H groups in total. The molecular weight excluding hydrogens is 641 g/mol. The van der Waals surface area contributed by atoms with Crippen LogP contribution in [-0.4, -0.2) is 25.9 Å². The van der Waals surface area contributed by atoms with Crippen LogP contribution in [0.25, 0.3) is 90.9 Å². The van der Waals surface area contributed by atoms with E-state index in [1.54, 1.807) is 0 Å². The maximum Gasteiger partial charge on any atom is 0.308 e. The van der Waals surface area contributed by atoms with Gasteiger partial charge in [0, 0.05) is 46.3 Å². The molecule has 0 aliphatic carbocycles. The zero-order valence-electron chi connectivity index (χ0n) is 28.3. The maximum absolute atomic E-state index is 12.7. The van der Waals surface area contributed by atoms with Gasteiger partial charge in [-0.2, -0.15) is 0 Å². The average Bonchev–Trinajstić information content (AvgIpc) is 4.01. The first-order valence-electron chi connectivity index (χ1n) is 17.2. The Bertz CT molecular complexity index is 2710. The fourth-order valence-electron chi connectivity index (χ4n) is 7.12. The first-order valence-corrected chi connectivity index (χ1v) is 17.2. The molecule has 8 bridgehead atoms. The normalized spacial score (nSPS) is 11.9. The molecular formula is C46H32N4O2. The van der Waals surface area contributed by atoms with Gasteiger partial charge in [-0.1, -0.05) is 121 Å². The van der Waals surface area contributed by atoms with Crippen LogP contribution in [0.3, 0.4) is 0 Å². The largest absolute Gasteiger partial charge is 0.424 e. The Balaban J connectivity index is 1.52. The van der Waals surface area contributed by atoms with E-state index >= 15 is 0 Å². The predicted octanol–water partition coefficient (Wildman–Crippen LogP) is 11.2. The number of H-pyrrole nitrogens is 2. The molecule has 248 valence electrons. The Morgan fingerprint density at radius 1 is 0.462 bits per heavy atom. The fourth-order valence-corrected chi connectivity index (χ4v) is 7.12. The van der Waals surface area contributed by atoms with Gasteiger partial charge in [0.25, 0.3) is 0 Å². The third-order valence-electron chi connectivity index (χ3n) is 9.33. The SMILES string of the molecule is CC(=O)Oc1cc2[nH]c1c(-c1ccccc1)c1nc(c(-c3ccccc3)c3ccc([nH]3)c(-c3ccccc3)c3nc(c2-c2ccccc2)C=C3)C=C1. The molecule has 6 nitrogen and oxygen atoms in total. The molecule has 9 rings (SSSR count). The van der Waals surface area contributed by atoms with E-state index in [0.717, 1.165) is 83.8 Å². The number of carbonyl (C=O) groups is 1. The van der Waals surface area contributed by atoms with E-state index in [1.807, 2.05) is 97.1 Å². The highest BCUT2D eigenvalue weighted by molar-refractivity contribution is 6.01. The number of esters is 1. The van der Waals surface area contributed by atoms with E-state index in [4.69, 9.17) is 14.7 Å². The van der Waals surface area contributed by atoms with Gasteiger partial charge in [0.05, 0.1) is 33.8 Å². The lowest BCUT2D eigenvalue weighted by Gasteiger charge is -2.07. The summed E-state index contributed by atoms with van der Waals surface area (Å²) in [7, 11) is 0. The van der Waals surface area contributed by atoms with Gasteiger partial charge in [0.1, 0.15) is 0 Å². The summed E-state index contributed by atoms with van der Waals surface area (Å²) in [5.41, 5.74) is 14.0. The van der Waals surface area contributed by atoms with E-state index in [9.17, 15) is 4.79 Å². The summed E-state index contributed by atoms with van der Waals surface area (Å²) < 4.78 is 5.98. The molecule has 4 aromatic carbocycles. The summed E-state index contributed by atoms with van der Waals surface area (Å²) in [6.45, 7) is 1.42. The van der Waals surface area contributed by atoms with Crippen LogP contribution in [0.4, 0.5) is 0 Å². The number of nitrogens with one attached hydrogen (secondary N) is 2. The number of carbonyl (C=O) groups excluding carboxylic acids is 1. The first-order chi connectivity index (χ1) is 25.6. The standard InChI is InChI=1S/C46H32N4O2/c1-29(51)52-41-28-40-44(32-18-10-4-11-19-32)38-25-24-36(48-38)42(30-14-6-2-7-15-30)34-22-23-35(47-34)43(31-16-8-3-9-17-31)37-26-27-39(49-37)45(46(41)50-40)33-20-12-5-13-21-33/h2-28,47,50H,1H3. The number of nitrogens with zero attached hydrogens (tertiary/aromatic N) is 2. The fraction of sp³-hybridized carbons (Fsp3) is 0.0217. The van der Waals surface area contributed by atoms with Crippen molar-refractivity contribution in [1.29, 1.82) is 0 Å². The maximum atomic E-state index is 12.7. The van der Waals surface area contributed by atoms with Crippen LogP contribution in [0.2, 0.25) is 0 Å². The van der Waals surface area contributed by atoms with Gasteiger partial charge in [0.2, 0.25) is 0 Å². The second-order valence-electron chi connectivity index (χ2n) is 12.7. The number of ether oxygens (including phenoxy) is 1. The van der Waals surface area contributed by atoms with Crippen LogP contribution in [0.1, 0.15) is 29.7 Å². The molecule has 0 unspecified atom stereocenters. The number of fused-ring (bicyclic) bond motifs is 8. The highest BCUT2D eigenvalue weighted by Crippen LogP contribution is 2.41. The van der Waals surface area contributed by atoms with Crippen molar-refractivity contribution in [2.75, 3.05) is 0 Å². The zero-order valence-corrected chi connectivity index (χ0v) is 28.3. The molecule has 0 saturated carbocycles. The van der Waals surface area contributed by atoms with Crippen LogP contribution in [0.5, 0.6) is 5.75 Å². The lowest BCUT2D eigenvalue weighted by atomic mass is 10.0. The summed E-state index contributed by atoms with van der Waals surface area (Å²) in [6.07, 6.45) is 8.23. The molecule has 0 saturated heterocycles. The van der Waals surface area contributed by atoms with Gasteiger partial charge in [-0.05, 0) is 58.7 Å². The van der Waals surface area contributed by atoms with E-state index in [-0.39, 0.29) is 0 Å². The highest BCUT2D eigenvalue weighted by atomic mass is 16.5. The lowest BCUT2D eigenvalue weighted by molar-refractivity contribution is -0.131. The minimum Gasteiger partial charge on any atom is -0.424 e. The average molecular weight is 673 g/mol. The number of hydrogen-bond acceptors (Lipinski definition) is 4.